The molecule has 1 aliphatic heterocycles. The number of anilines is 1. The molecule has 1 aliphatic rings. The fraction of sp³-hybridized carbons (Fsp3) is 0.0741. The van der Waals surface area contributed by atoms with E-state index in [9.17, 15) is 14.0 Å². The van der Waals surface area contributed by atoms with Crippen molar-refractivity contribution < 1.29 is 27.6 Å². The molecule has 0 aliphatic carbocycles. The van der Waals surface area contributed by atoms with Crippen LogP contribution in [0.5, 0.6) is 0 Å². The number of benzene rings is 3. The van der Waals surface area contributed by atoms with Crippen molar-refractivity contribution in [1.82, 2.24) is 0 Å². The van der Waals surface area contributed by atoms with E-state index in [1.807, 2.05) is 116 Å². The Balaban J connectivity index is 1.82. The standard InChI is InChI=1S/C27H24ClNO4Se/c1-29(2)25-17-15-21(16-18-25)13-14-22-19-26(23-9-5-3-6-10-23)34(33-28(30,31)32)27(20-22)24-11-7-4-8-12-24/h3-20H,1-2H3/b14-13+. The summed E-state index contributed by atoms with van der Waals surface area (Å²) >= 11 is -2.66. The third kappa shape index (κ3) is 6.20. The van der Waals surface area contributed by atoms with Gasteiger partial charge in [0.05, 0.1) is 0 Å². The van der Waals surface area contributed by atoms with E-state index in [2.05, 4.69) is 12.1 Å². The van der Waals surface area contributed by atoms with Crippen LogP contribution in [0.4, 0.5) is 5.69 Å². The Morgan fingerprint density at radius 1 is 0.735 bits per heavy atom. The van der Waals surface area contributed by atoms with Gasteiger partial charge in [-0.3, -0.25) is 0 Å². The monoisotopic (exact) mass is 541 g/mol. The van der Waals surface area contributed by atoms with Crippen LogP contribution in [0.3, 0.4) is 0 Å². The van der Waals surface area contributed by atoms with Crippen molar-refractivity contribution >= 4 is 34.4 Å². The summed E-state index contributed by atoms with van der Waals surface area (Å²) in [6.07, 6.45) is 7.83. The van der Waals surface area contributed by atoms with E-state index in [0.717, 1.165) is 36.8 Å². The van der Waals surface area contributed by atoms with Crippen LogP contribution in [0.15, 0.2) is 109 Å². The zero-order chi connectivity index (χ0) is 24.1. The number of rotatable bonds is 7. The van der Waals surface area contributed by atoms with Gasteiger partial charge in [0.1, 0.15) is 0 Å². The molecule has 1 atom stereocenters. The van der Waals surface area contributed by atoms with Crippen LogP contribution in [-0.4, -0.2) is 32.3 Å². The molecule has 3 aromatic carbocycles. The summed E-state index contributed by atoms with van der Waals surface area (Å²) < 4.78 is 41.6. The van der Waals surface area contributed by atoms with Gasteiger partial charge in [-0.1, -0.05) is 0 Å². The minimum absolute atomic E-state index is 0.719. The van der Waals surface area contributed by atoms with E-state index in [4.69, 9.17) is 3.37 Å². The van der Waals surface area contributed by atoms with Gasteiger partial charge in [-0.25, -0.2) is 0 Å². The van der Waals surface area contributed by atoms with Crippen molar-refractivity contribution in [2.24, 2.45) is 0 Å². The zero-order valence-corrected chi connectivity index (χ0v) is 21.2. The van der Waals surface area contributed by atoms with Gasteiger partial charge in [-0.15, -0.1) is 0 Å². The van der Waals surface area contributed by atoms with Gasteiger partial charge in [-0.2, -0.15) is 0 Å². The molecular formula is C27H24ClNO4Se. The Morgan fingerprint density at radius 2 is 1.32 bits per heavy atom. The Labute approximate surface area is 206 Å². The first-order chi connectivity index (χ1) is 16.3. The molecule has 0 spiro atoms. The number of halogens is 1. The fourth-order valence-corrected chi connectivity index (χ4v) is 8.57. The molecule has 4 rings (SSSR count). The molecule has 0 N–H and O–H groups in total. The SMILES string of the molecule is CN(C)c1ccc(/C=C/C2=CC(c3ccccc3)=[Se](O[Cl+3]([O-])([O-])[O-])C(c3ccccc3)=C2)cc1. The molecule has 34 heavy (non-hydrogen) atoms. The van der Waals surface area contributed by atoms with E-state index in [-0.39, 0.29) is 0 Å². The second kappa shape index (κ2) is 10.6. The van der Waals surface area contributed by atoms with Crippen LogP contribution in [-0.2, 0) is 3.37 Å². The fourth-order valence-electron chi connectivity index (χ4n) is 3.47. The summed E-state index contributed by atoms with van der Waals surface area (Å²) in [5.74, 6) is 0. The van der Waals surface area contributed by atoms with Gasteiger partial charge in [0.25, 0.3) is 0 Å². The van der Waals surface area contributed by atoms with Crippen LogP contribution in [0.1, 0.15) is 16.7 Å². The van der Waals surface area contributed by atoms with Crippen LogP contribution < -0.4 is 18.9 Å². The number of nitrogens with zero attached hydrogens (tertiary/aromatic N) is 1. The van der Waals surface area contributed by atoms with Crippen molar-refractivity contribution in [2.45, 2.75) is 0 Å². The summed E-state index contributed by atoms with van der Waals surface area (Å²) in [4.78, 5) is 2.04. The molecular weight excluding hydrogens is 517 g/mol. The van der Waals surface area contributed by atoms with Crippen molar-refractivity contribution in [3.05, 3.63) is 125 Å². The van der Waals surface area contributed by atoms with Gasteiger partial charge in [0.2, 0.25) is 0 Å². The van der Waals surface area contributed by atoms with Crippen LogP contribution in [0, 0.1) is 10.2 Å². The van der Waals surface area contributed by atoms with Gasteiger partial charge >= 0.3 is 206 Å². The minimum atomic E-state index is -4.59. The van der Waals surface area contributed by atoms with E-state index >= 15 is 0 Å². The quantitative estimate of drug-likeness (QED) is 0.429. The van der Waals surface area contributed by atoms with Crippen molar-refractivity contribution in [3.8, 4) is 0 Å². The normalized spacial score (nSPS) is 16.4. The van der Waals surface area contributed by atoms with E-state index < -0.39 is 24.0 Å². The second-order valence-corrected chi connectivity index (χ2v) is 12.4. The molecule has 0 aromatic heterocycles. The predicted octanol–water partition coefficient (Wildman–Crippen LogP) is 2.04. The van der Waals surface area contributed by atoms with Crippen LogP contribution in [0.2, 0.25) is 0 Å². The van der Waals surface area contributed by atoms with Gasteiger partial charge in [0, 0.05) is 0 Å². The van der Waals surface area contributed by atoms with E-state index in [1.165, 1.54) is 0 Å². The average molecular weight is 541 g/mol. The van der Waals surface area contributed by atoms with Gasteiger partial charge in [-0.05, 0) is 0 Å². The third-order valence-electron chi connectivity index (χ3n) is 5.13. The molecule has 1 heterocycles. The number of hydrogen-bond donors (Lipinski definition) is 0. The third-order valence-corrected chi connectivity index (χ3v) is 10.3. The van der Waals surface area contributed by atoms with Gasteiger partial charge in [0.15, 0.2) is 0 Å². The summed E-state index contributed by atoms with van der Waals surface area (Å²) in [5, 5.41) is 0. The molecule has 3 aromatic rings. The molecule has 0 saturated heterocycles. The molecule has 0 saturated carbocycles. The zero-order valence-electron chi connectivity index (χ0n) is 18.8. The Bertz CT molecular complexity index is 1260. The molecule has 0 fully saturated rings. The maximum atomic E-state index is 11.7. The first-order valence-corrected chi connectivity index (χ1v) is 14.2. The van der Waals surface area contributed by atoms with Crippen LogP contribution in [0.25, 0.3) is 10.5 Å². The molecule has 1 unspecified atom stereocenters. The van der Waals surface area contributed by atoms with E-state index in [0.29, 0.717) is 0 Å². The van der Waals surface area contributed by atoms with E-state index in [1.54, 1.807) is 0 Å². The summed E-state index contributed by atoms with van der Waals surface area (Å²) in [5.41, 5.74) is 4.70. The molecule has 0 amide bonds. The molecule has 174 valence electrons. The summed E-state index contributed by atoms with van der Waals surface area (Å²) in [6.45, 7) is 0. The van der Waals surface area contributed by atoms with Crippen LogP contribution >= 0.6 is 0 Å². The molecule has 7 heteroatoms. The Morgan fingerprint density at radius 3 is 1.88 bits per heavy atom. The first-order valence-electron chi connectivity index (χ1n) is 10.5. The van der Waals surface area contributed by atoms with Crippen molar-refractivity contribution in [2.75, 3.05) is 19.0 Å². The molecule has 0 radical (unpaired) electrons. The number of allylic oxidation sites excluding steroid dienone is 4. The number of hydrogen-bond acceptors (Lipinski definition) is 5. The second-order valence-electron chi connectivity index (χ2n) is 7.78. The summed E-state index contributed by atoms with van der Waals surface area (Å²) in [6, 6.07) is 27.1. The van der Waals surface area contributed by atoms with Crippen molar-refractivity contribution in [3.63, 3.8) is 0 Å². The first kappa shape index (κ1) is 24.3. The summed E-state index contributed by atoms with van der Waals surface area (Å²) in [7, 11) is -0.595. The average Bonchev–Trinajstić information content (AvgIpc) is 2.83. The Kier molecular flexibility index (Phi) is 7.61. The maximum absolute atomic E-state index is 11.7. The molecule has 0 bridgehead atoms. The van der Waals surface area contributed by atoms with Crippen molar-refractivity contribution in [1.29, 1.82) is 0 Å². The predicted molar refractivity (Wildman–Crippen MR) is 130 cm³/mol. The molecule has 5 nitrogen and oxygen atoms in total. The van der Waals surface area contributed by atoms with Gasteiger partial charge < -0.3 is 0 Å². The Hall–Kier alpha value is -2.80. The topological polar surface area (TPSA) is 81.7 Å².